The Bertz CT molecular complexity index is 534. The molecule has 1 heterocycles. The fourth-order valence-electron chi connectivity index (χ4n) is 2.04. The third-order valence-electron chi connectivity index (χ3n) is 3.05. The summed E-state index contributed by atoms with van der Waals surface area (Å²) in [5.41, 5.74) is 1.40. The molecule has 0 aliphatic heterocycles. The molecule has 2 aromatic rings. The number of nitrogens with one attached hydrogen (secondary N) is 1. The Morgan fingerprint density at radius 3 is 2.95 bits per heavy atom. The van der Waals surface area contributed by atoms with Gasteiger partial charge in [-0.1, -0.05) is 24.6 Å². The quantitative estimate of drug-likeness (QED) is 0.791. The zero-order valence-corrected chi connectivity index (χ0v) is 12.3. The number of halogens is 2. The van der Waals surface area contributed by atoms with Gasteiger partial charge in [0.25, 0.3) is 0 Å². The first-order valence-electron chi connectivity index (χ1n) is 6.91. The van der Waals surface area contributed by atoms with Crippen LogP contribution in [-0.4, -0.2) is 22.9 Å². The zero-order valence-electron chi connectivity index (χ0n) is 11.6. The lowest BCUT2D eigenvalue weighted by molar-refractivity contribution is 0.611. The van der Waals surface area contributed by atoms with Crippen LogP contribution in [0.25, 0.3) is 5.69 Å². The molecule has 0 saturated carbocycles. The lowest BCUT2D eigenvalue weighted by atomic mass is 10.2. The second-order valence-corrected chi connectivity index (χ2v) is 5.12. The Hall–Kier alpha value is -1.39. The molecule has 0 fully saturated rings. The number of rotatable bonds is 7. The van der Waals surface area contributed by atoms with E-state index in [-0.39, 0.29) is 5.82 Å². The summed E-state index contributed by atoms with van der Waals surface area (Å²) >= 11 is 6.02. The van der Waals surface area contributed by atoms with E-state index in [4.69, 9.17) is 11.6 Å². The van der Waals surface area contributed by atoms with E-state index in [1.165, 1.54) is 10.7 Å². The monoisotopic (exact) mass is 295 g/mol. The molecule has 0 bridgehead atoms. The van der Waals surface area contributed by atoms with Crippen LogP contribution in [-0.2, 0) is 6.42 Å². The molecule has 3 nitrogen and oxygen atoms in total. The summed E-state index contributed by atoms with van der Waals surface area (Å²) in [5, 5.41) is 7.91. The first-order chi connectivity index (χ1) is 9.72. The molecule has 20 heavy (non-hydrogen) atoms. The molecule has 1 aromatic carbocycles. The molecule has 0 radical (unpaired) electrons. The van der Waals surface area contributed by atoms with E-state index in [9.17, 15) is 4.39 Å². The number of hydrogen-bond acceptors (Lipinski definition) is 2. The summed E-state index contributed by atoms with van der Waals surface area (Å²) in [6.07, 6.45) is 6.70. The van der Waals surface area contributed by atoms with Gasteiger partial charge in [-0.15, -0.1) is 0 Å². The maximum atomic E-state index is 13.8. The highest BCUT2D eigenvalue weighted by Gasteiger charge is 2.10. The van der Waals surface area contributed by atoms with Gasteiger partial charge in [0.1, 0.15) is 11.5 Å². The summed E-state index contributed by atoms with van der Waals surface area (Å²) in [7, 11) is 0. The highest BCUT2D eigenvalue weighted by atomic mass is 35.5. The number of para-hydroxylation sites is 1. The lowest BCUT2D eigenvalue weighted by Gasteiger charge is -2.05. The van der Waals surface area contributed by atoms with Crippen LogP contribution in [0, 0.1) is 5.82 Å². The summed E-state index contributed by atoms with van der Waals surface area (Å²) in [5.74, 6) is -0.364. The van der Waals surface area contributed by atoms with Crippen LogP contribution in [0.3, 0.4) is 0 Å². The molecule has 1 N–H and O–H groups in total. The minimum Gasteiger partial charge on any atom is -0.317 e. The third kappa shape index (κ3) is 3.81. The van der Waals surface area contributed by atoms with Crippen molar-refractivity contribution in [2.24, 2.45) is 0 Å². The molecule has 0 amide bonds. The predicted molar refractivity (Wildman–Crippen MR) is 80.0 cm³/mol. The van der Waals surface area contributed by atoms with Gasteiger partial charge in [-0.2, -0.15) is 5.10 Å². The van der Waals surface area contributed by atoms with Crippen LogP contribution >= 0.6 is 11.6 Å². The molecular weight excluding hydrogens is 277 g/mol. The van der Waals surface area contributed by atoms with Crippen molar-refractivity contribution in [3.63, 3.8) is 0 Å². The second kappa shape index (κ2) is 7.41. The molecule has 0 aliphatic carbocycles. The van der Waals surface area contributed by atoms with Gasteiger partial charge < -0.3 is 5.32 Å². The molecule has 0 unspecified atom stereocenters. The van der Waals surface area contributed by atoms with Crippen molar-refractivity contribution in [2.45, 2.75) is 26.2 Å². The summed E-state index contributed by atoms with van der Waals surface area (Å²) < 4.78 is 15.3. The van der Waals surface area contributed by atoms with Gasteiger partial charge in [0.2, 0.25) is 0 Å². The zero-order chi connectivity index (χ0) is 14.4. The Kier molecular flexibility index (Phi) is 5.56. The van der Waals surface area contributed by atoms with Crippen LogP contribution in [0.4, 0.5) is 4.39 Å². The van der Waals surface area contributed by atoms with Crippen LogP contribution in [0.2, 0.25) is 5.02 Å². The van der Waals surface area contributed by atoms with E-state index < -0.39 is 0 Å². The predicted octanol–water partition coefficient (Wildman–Crippen LogP) is 3.60. The molecule has 0 atom stereocenters. The fourth-order valence-corrected chi connectivity index (χ4v) is 2.29. The van der Waals surface area contributed by atoms with Crippen molar-refractivity contribution >= 4 is 11.6 Å². The van der Waals surface area contributed by atoms with Crippen LogP contribution < -0.4 is 5.32 Å². The largest absolute Gasteiger partial charge is 0.317 e. The molecule has 108 valence electrons. The highest BCUT2D eigenvalue weighted by molar-refractivity contribution is 6.32. The van der Waals surface area contributed by atoms with Crippen molar-refractivity contribution in [1.29, 1.82) is 0 Å². The Morgan fingerprint density at radius 2 is 2.20 bits per heavy atom. The van der Waals surface area contributed by atoms with Gasteiger partial charge in [0.05, 0.1) is 11.2 Å². The van der Waals surface area contributed by atoms with Gasteiger partial charge >= 0.3 is 0 Å². The lowest BCUT2D eigenvalue weighted by Crippen LogP contribution is -2.16. The average Bonchev–Trinajstić information content (AvgIpc) is 2.87. The van der Waals surface area contributed by atoms with Crippen LogP contribution in [0.5, 0.6) is 0 Å². The molecule has 0 spiro atoms. The van der Waals surface area contributed by atoms with Crippen LogP contribution in [0.1, 0.15) is 25.3 Å². The average molecular weight is 296 g/mol. The SMILES string of the molecule is CCCNCCCc1cnn(-c2c(F)cccc2Cl)c1. The molecule has 0 saturated heterocycles. The molecule has 1 aromatic heterocycles. The van der Waals surface area contributed by atoms with E-state index in [1.807, 2.05) is 6.20 Å². The number of hydrogen-bond donors (Lipinski definition) is 1. The van der Waals surface area contributed by atoms with Crippen molar-refractivity contribution < 1.29 is 4.39 Å². The van der Waals surface area contributed by atoms with E-state index >= 15 is 0 Å². The third-order valence-corrected chi connectivity index (χ3v) is 3.35. The van der Waals surface area contributed by atoms with Crippen molar-refractivity contribution in [3.8, 4) is 5.69 Å². The smallest absolute Gasteiger partial charge is 0.150 e. The maximum absolute atomic E-state index is 13.8. The number of benzene rings is 1. The van der Waals surface area contributed by atoms with Crippen molar-refractivity contribution in [3.05, 3.63) is 47.0 Å². The second-order valence-electron chi connectivity index (χ2n) is 4.72. The Morgan fingerprint density at radius 1 is 1.35 bits per heavy atom. The molecule has 2 rings (SSSR count). The van der Waals surface area contributed by atoms with E-state index in [2.05, 4.69) is 17.3 Å². The number of aromatic nitrogens is 2. The van der Waals surface area contributed by atoms with Gasteiger partial charge in [-0.25, -0.2) is 9.07 Å². The summed E-state index contributed by atoms with van der Waals surface area (Å²) in [4.78, 5) is 0. The molecule has 0 aliphatic rings. The van der Waals surface area contributed by atoms with Crippen molar-refractivity contribution in [1.82, 2.24) is 15.1 Å². The van der Waals surface area contributed by atoms with Crippen molar-refractivity contribution in [2.75, 3.05) is 13.1 Å². The van der Waals surface area contributed by atoms with Gasteiger partial charge in [-0.05, 0) is 50.0 Å². The van der Waals surface area contributed by atoms with E-state index in [0.717, 1.165) is 37.9 Å². The first-order valence-corrected chi connectivity index (χ1v) is 7.29. The Balaban J connectivity index is 1.98. The highest BCUT2D eigenvalue weighted by Crippen LogP contribution is 2.23. The van der Waals surface area contributed by atoms with Gasteiger partial charge in [0.15, 0.2) is 0 Å². The van der Waals surface area contributed by atoms with Gasteiger partial charge in [-0.3, -0.25) is 0 Å². The minimum atomic E-state index is -0.364. The number of aryl methyl sites for hydroxylation is 1. The summed E-state index contributed by atoms with van der Waals surface area (Å²) in [6.45, 7) is 4.18. The topological polar surface area (TPSA) is 29.9 Å². The fraction of sp³-hybridized carbons (Fsp3) is 0.400. The van der Waals surface area contributed by atoms with E-state index in [1.54, 1.807) is 18.3 Å². The standard InChI is InChI=1S/C15H19ClFN3/c1-2-8-18-9-4-5-12-10-19-20(11-12)15-13(16)6-3-7-14(15)17/h3,6-7,10-11,18H,2,4-5,8-9H2,1H3. The summed E-state index contributed by atoms with van der Waals surface area (Å²) in [6, 6.07) is 4.64. The van der Waals surface area contributed by atoms with E-state index in [0.29, 0.717) is 10.7 Å². The number of nitrogens with zero attached hydrogens (tertiary/aromatic N) is 2. The van der Waals surface area contributed by atoms with Gasteiger partial charge in [0, 0.05) is 6.20 Å². The molecular formula is C15H19ClFN3. The van der Waals surface area contributed by atoms with Crippen LogP contribution in [0.15, 0.2) is 30.6 Å². The first kappa shape index (κ1) is 15.0. The maximum Gasteiger partial charge on any atom is 0.150 e. The normalized spacial score (nSPS) is 10.9. The Labute approximate surface area is 123 Å². The minimum absolute atomic E-state index is 0.310. The molecule has 5 heteroatoms.